The van der Waals surface area contributed by atoms with Crippen LogP contribution >= 0.6 is 0 Å². The number of carbonyl (C=O) groups excluding carboxylic acids is 3. The standard InChI is InChI=1S/C22H16O6/c1-8-3-10-15(13(23)5-8)21(27)18-16(19(10)25)11-7-22(18,28)12-4-9(2)6-14(24)17(12)20(11)26/h3-6,11,23-24,28H,7H2,1-2H3/t11-,22+/m0/s1. The third kappa shape index (κ3) is 1.78. The Hall–Kier alpha value is -3.25. The predicted octanol–water partition coefficient (Wildman–Crippen LogP) is 2.49. The van der Waals surface area contributed by atoms with Crippen molar-refractivity contribution >= 4 is 17.3 Å². The van der Waals surface area contributed by atoms with Crippen LogP contribution in [0.2, 0.25) is 0 Å². The molecule has 0 amide bonds. The Morgan fingerprint density at radius 2 is 1.50 bits per heavy atom. The van der Waals surface area contributed by atoms with E-state index < -0.39 is 28.9 Å². The molecule has 2 atom stereocenters. The Bertz CT molecular complexity index is 1200. The molecule has 0 heterocycles. The molecule has 2 aromatic carbocycles. The van der Waals surface area contributed by atoms with Gasteiger partial charge in [0.2, 0.25) is 0 Å². The predicted molar refractivity (Wildman–Crippen MR) is 97.7 cm³/mol. The maximum absolute atomic E-state index is 13.3. The number of aliphatic hydroxyl groups is 1. The zero-order valence-electron chi connectivity index (χ0n) is 15.2. The van der Waals surface area contributed by atoms with E-state index in [-0.39, 0.29) is 51.3 Å². The van der Waals surface area contributed by atoms with Crippen molar-refractivity contribution in [3.63, 3.8) is 0 Å². The molecular formula is C22H16O6. The number of phenols is 2. The van der Waals surface area contributed by atoms with Crippen molar-refractivity contribution in [2.75, 3.05) is 0 Å². The Labute approximate surface area is 159 Å². The highest BCUT2D eigenvalue weighted by Crippen LogP contribution is 2.57. The molecule has 5 rings (SSSR count). The minimum atomic E-state index is -1.87. The van der Waals surface area contributed by atoms with Crippen LogP contribution in [-0.2, 0) is 5.60 Å². The molecule has 0 unspecified atom stereocenters. The second kappa shape index (κ2) is 4.97. The Balaban J connectivity index is 1.85. The molecule has 140 valence electrons. The molecule has 0 saturated carbocycles. The normalized spacial score (nSPS) is 25.0. The van der Waals surface area contributed by atoms with Gasteiger partial charge in [0.1, 0.15) is 17.1 Å². The van der Waals surface area contributed by atoms with Crippen LogP contribution in [0.15, 0.2) is 35.4 Å². The first-order valence-electron chi connectivity index (χ1n) is 8.93. The smallest absolute Gasteiger partial charge is 0.197 e. The van der Waals surface area contributed by atoms with Crippen LogP contribution in [-0.4, -0.2) is 32.7 Å². The van der Waals surface area contributed by atoms with Gasteiger partial charge in [-0.2, -0.15) is 0 Å². The number of benzene rings is 2. The first-order chi connectivity index (χ1) is 13.1. The number of aryl methyl sites for hydroxylation is 2. The maximum Gasteiger partial charge on any atom is 0.197 e. The Morgan fingerprint density at radius 1 is 0.893 bits per heavy atom. The number of ketones is 3. The molecule has 0 aliphatic heterocycles. The second-order valence-electron chi connectivity index (χ2n) is 7.84. The van der Waals surface area contributed by atoms with Gasteiger partial charge in [0.25, 0.3) is 0 Å². The zero-order chi connectivity index (χ0) is 20.1. The minimum Gasteiger partial charge on any atom is -0.507 e. The van der Waals surface area contributed by atoms with Crippen LogP contribution in [0.4, 0.5) is 0 Å². The number of rotatable bonds is 0. The molecule has 3 aliphatic carbocycles. The van der Waals surface area contributed by atoms with E-state index in [1.165, 1.54) is 18.2 Å². The summed E-state index contributed by atoms with van der Waals surface area (Å²) in [4.78, 5) is 39.6. The monoisotopic (exact) mass is 376 g/mol. The molecule has 0 fully saturated rings. The van der Waals surface area contributed by atoms with E-state index in [1.54, 1.807) is 19.9 Å². The number of carbonyl (C=O) groups is 3. The van der Waals surface area contributed by atoms with Crippen molar-refractivity contribution in [2.24, 2.45) is 5.92 Å². The second-order valence-corrected chi connectivity index (χ2v) is 7.84. The molecule has 0 saturated heterocycles. The van der Waals surface area contributed by atoms with Gasteiger partial charge in [-0.05, 0) is 49.6 Å². The summed E-state index contributed by atoms with van der Waals surface area (Å²) in [5.41, 5.74) is -0.877. The van der Waals surface area contributed by atoms with Crippen molar-refractivity contribution in [3.8, 4) is 11.5 Å². The van der Waals surface area contributed by atoms with Gasteiger partial charge in [-0.3, -0.25) is 14.4 Å². The lowest BCUT2D eigenvalue weighted by atomic mass is 9.74. The first-order valence-corrected chi connectivity index (χ1v) is 8.93. The molecule has 6 nitrogen and oxygen atoms in total. The van der Waals surface area contributed by atoms with Crippen molar-refractivity contribution in [1.29, 1.82) is 0 Å². The summed E-state index contributed by atoms with van der Waals surface area (Å²) in [6.07, 6.45) is -0.127. The van der Waals surface area contributed by atoms with Crippen molar-refractivity contribution < 1.29 is 29.7 Å². The number of hydrogen-bond donors (Lipinski definition) is 3. The van der Waals surface area contributed by atoms with E-state index in [9.17, 15) is 29.7 Å². The van der Waals surface area contributed by atoms with Crippen LogP contribution in [0.5, 0.6) is 11.5 Å². The van der Waals surface area contributed by atoms with Crippen molar-refractivity contribution in [1.82, 2.24) is 0 Å². The molecule has 3 N–H and O–H groups in total. The van der Waals surface area contributed by atoms with Gasteiger partial charge in [0.15, 0.2) is 17.3 Å². The SMILES string of the molecule is Cc1cc(O)c2c(c1)C(=O)C1=C(C2=O)[C@@]2(O)C[C@@H]1C(=O)c1c(O)cc(C)cc12. The summed E-state index contributed by atoms with van der Waals surface area (Å²) in [7, 11) is 0. The van der Waals surface area contributed by atoms with E-state index in [1.807, 2.05) is 0 Å². The third-order valence-corrected chi connectivity index (χ3v) is 6.01. The fourth-order valence-electron chi connectivity index (χ4n) is 4.93. The molecule has 0 spiro atoms. The summed E-state index contributed by atoms with van der Waals surface area (Å²) >= 11 is 0. The highest BCUT2D eigenvalue weighted by molar-refractivity contribution is 6.32. The molecule has 28 heavy (non-hydrogen) atoms. The third-order valence-electron chi connectivity index (χ3n) is 6.01. The summed E-state index contributed by atoms with van der Waals surface area (Å²) in [6, 6.07) is 5.86. The Kier molecular flexibility index (Phi) is 3.00. The van der Waals surface area contributed by atoms with Gasteiger partial charge in [-0.1, -0.05) is 6.07 Å². The lowest BCUT2D eigenvalue weighted by Gasteiger charge is -2.33. The van der Waals surface area contributed by atoms with Gasteiger partial charge in [-0.25, -0.2) is 0 Å². The number of hydrogen-bond acceptors (Lipinski definition) is 6. The molecule has 3 aliphatic rings. The van der Waals surface area contributed by atoms with E-state index in [0.29, 0.717) is 11.1 Å². The van der Waals surface area contributed by atoms with Crippen LogP contribution in [0, 0.1) is 19.8 Å². The van der Waals surface area contributed by atoms with E-state index >= 15 is 0 Å². The molecule has 2 aromatic rings. The summed E-state index contributed by atoms with van der Waals surface area (Å²) in [5.74, 6) is -3.30. The number of phenolic OH excluding ortho intramolecular Hbond substituents is 2. The topological polar surface area (TPSA) is 112 Å². The highest BCUT2D eigenvalue weighted by Gasteiger charge is 2.60. The molecule has 0 aromatic heterocycles. The quantitative estimate of drug-likeness (QED) is 0.651. The Morgan fingerprint density at radius 3 is 2.18 bits per heavy atom. The van der Waals surface area contributed by atoms with Crippen molar-refractivity contribution in [3.05, 3.63) is 68.8 Å². The summed E-state index contributed by atoms with van der Waals surface area (Å²) < 4.78 is 0. The molecular weight excluding hydrogens is 360 g/mol. The van der Waals surface area contributed by atoms with E-state index in [0.717, 1.165) is 0 Å². The molecule has 2 bridgehead atoms. The largest absolute Gasteiger partial charge is 0.507 e. The fraction of sp³-hybridized carbons (Fsp3) is 0.227. The highest BCUT2D eigenvalue weighted by atomic mass is 16.3. The van der Waals surface area contributed by atoms with E-state index in [2.05, 4.69) is 0 Å². The van der Waals surface area contributed by atoms with Crippen molar-refractivity contribution in [2.45, 2.75) is 25.9 Å². The molecule has 6 heteroatoms. The van der Waals surface area contributed by atoms with Gasteiger partial charge < -0.3 is 15.3 Å². The van der Waals surface area contributed by atoms with Gasteiger partial charge >= 0.3 is 0 Å². The van der Waals surface area contributed by atoms with Crippen LogP contribution < -0.4 is 0 Å². The van der Waals surface area contributed by atoms with Crippen LogP contribution in [0.1, 0.15) is 54.2 Å². The zero-order valence-corrected chi connectivity index (χ0v) is 15.2. The summed E-state index contributed by atoms with van der Waals surface area (Å²) in [6.45, 7) is 3.38. The molecule has 0 radical (unpaired) electrons. The van der Waals surface area contributed by atoms with Gasteiger partial charge in [0.05, 0.1) is 17.0 Å². The fourth-order valence-corrected chi connectivity index (χ4v) is 4.93. The van der Waals surface area contributed by atoms with Gasteiger partial charge in [-0.15, -0.1) is 0 Å². The summed E-state index contributed by atoms with van der Waals surface area (Å²) in [5, 5.41) is 32.2. The van der Waals surface area contributed by atoms with Crippen LogP contribution in [0.3, 0.4) is 0 Å². The average molecular weight is 376 g/mol. The lowest BCUT2D eigenvalue weighted by molar-refractivity contribution is 0.0485. The number of allylic oxidation sites excluding steroid dienone is 1. The van der Waals surface area contributed by atoms with E-state index in [4.69, 9.17) is 0 Å². The minimum absolute atomic E-state index is 0.0248. The lowest BCUT2D eigenvalue weighted by Crippen LogP contribution is -2.36. The number of aromatic hydroxyl groups is 2. The first kappa shape index (κ1) is 16.9. The number of fused-ring (bicyclic) bond motifs is 7. The number of Topliss-reactive ketones (excluding diaryl/α,β-unsaturated/α-hetero) is 3. The maximum atomic E-state index is 13.3. The van der Waals surface area contributed by atoms with Gasteiger partial charge in [0, 0.05) is 22.3 Å². The average Bonchev–Trinajstić information content (AvgIpc) is 2.89. The van der Waals surface area contributed by atoms with Crippen LogP contribution in [0.25, 0.3) is 0 Å².